The van der Waals surface area contributed by atoms with Crippen molar-refractivity contribution in [2.75, 3.05) is 12.4 Å². The molecular weight excluding hydrogens is 587 g/mol. The van der Waals surface area contributed by atoms with Gasteiger partial charge in [-0.3, -0.25) is 4.79 Å². The average Bonchev–Trinajstić information content (AvgIpc) is 3.23. The maximum atomic E-state index is 15.9. The molecule has 1 heterocycles. The van der Waals surface area contributed by atoms with Crippen molar-refractivity contribution >= 4 is 40.8 Å². The zero-order valence-corrected chi connectivity index (χ0v) is 24.9. The van der Waals surface area contributed by atoms with Crippen molar-refractivity contribution in [2.24, 2.45) is 17.3 Å². The smallest absolute Gasteiger partial charge is 0.335 e. The van der Waals surface area contributed by atoms with Crippen molar-refractivity contribution in [3.8, 4) is 11.8 Å². The number of carboxylic acid groups (broad SMARTS) is 1. The van der Waals surface area contributed by atoms with Crippen molar-refractivity contribution in [3.05, 3.63) is 81.6 Å². The SMILES string of the molecule is COc1cc(C(=O)O)ccc1NC(=O)C1NC(CC(C)(C)C)[C@](C#N)(c2ccc(Cl)cc2F)C1[C@H]1C=CC=C(Cl)C1F. The Labute approximate surface area is 253 Å². The number of hydrogen-bond acceptors (Lipinski definition) is 5. The lowest BCUT2D eigenvalue weighted by Crippen LogP contribution is -2.49. The summed E-state index contributed by atoms with van der Waals surface area (Å²) in [6.45, 7) is 5.85. The first-order valence-electron chi connectivity index (χ1n) is 13.3. The molecule has 0 bridgehead atoms. The first-order valence-corrected chi connectivity index (χ1v) is 14.0. The number of nitriles is 1. The number of hydrogen-bond donors (Lipinski definition) is 3. The van der Waals surface area contributed by atoms with E-state index in [9.17, 15) is 20.0 Å². The van der Waals surface area contributed by atoms with Gasteiger partial charge < -0.3 is 20.5 Å². The summed E-state index contributed by atoms with van der Waals surface area (Å²) in [7, 11) is 1.32. The summed E-state index contributed by atoms with van der Waals surface area (Å²) in [6, 6.07) is 8.24. The maximum absolute atomic E-state index is 15.9. The largest absolute Gasteiger partial charge is 0.495 e. The number of carboxylic acids is 1. The van der Waals surface area contributed by atoms with Crippen LogP contribution in [0.2, 0.25) is 5.02 Å². The number of methoxy groups -OCH3 is 1. The van der Waals surface area contributed by atoms with Gasteiger partial charge in [-0.2, -0.15) is 5.26 Å². The van der Waals surface area contributed by atoms with Gasteiger partial charge in [0.2, 0.25) is 5.91 Å². The Morgan fingerprint density at radius 3 is 2.52 bits per heavy atom. The van der Waals surface area contributed by atoms with Gasteiger partial charge in [-0.15, -0.1) is 0 Å². The highest BCUT2D eigenvalue weighted by Crippen LogP contribution is 2.52. The highest BCUT2D eigenvalue weighted by atomic mass is 35.5. The first kappa shape index (κ1) is 31.5. The monoisotopic (exact) mass is 617 g/mol. The molecule has 2 aromatic rings. The van der Waals surface area contributed by atoms with E-state index in [2.05, 4.69) is 16.7 Å². The average molecular weight is 619 g/mol. The molecule has 0 saturated carbocycles. The van der Waals surface area contributed by atoms with Crippen LogP contribution in [0.15, 0.2) is 59.7 Å². The van der Waals surface area contributed by atoms with Gasteiger partial charge >= 0.3 is 5.97 Å². The highest BCUT2D eigenvalue weighted by Gasteiger charge is 2.63. The fourth-order valence-corrected chi connectivity index (χ4v) is 6.41. The molecule has 7 nitrogen and oxygen atoms in total. The van der Waals surface area contributed by atoms with Crippen LogP contribution in [0, 0.1) is 34.4 Å². The zero-order valence-electron chi connectivity index (χ0n) is 23.4. The number of carbonyl (C=O) groups excluding carboxylic acids is 1. The van der Waals surface area contributed by atoms with E-state index in [1.54, 1.807) is 12.2 Å². The summed E-state index contributed by atoms with van der Waals surface area (Å²) >= 11 is 12.3. The Hall–Kier alpha value is -3.45. The fraction of sp³-hybridized carbons (Fsp3) is 0.387. The molecule has 3 N–H and O–H groups in total. The number of allylic oxidation sites excluding steroid dienone is 4. The maximum Gasteiger partial charge on any atom is 0.335 e. The summed E-state index contributed by atoms with van der Waals surface area (Å²) in [6.07, 6.45) is 3.07. The standard InChI is InChI=1S/C31H31Cl2F2N3O4/c1-30(2,3)14-24-31(15-36,19-10-9-17(32)13-21(19)34)25(18-6-5-7-20(33)26(18)35)27(38-24)28(39)37-22-11-8-16(29(40)41)12-23(22)42-4/h5-13,18,24-27,38H,14H2,1-4H3,(H,37,39)(H,40,41)/t18-,24?,25?,26?,27?,31+/m1/s1. The topological polar surface area (TPSA) is 111 Å². The molecule has 4 unspecified atom stereocenters. The molecule has 1 saturated heterocycles. The van der Waals surface area contributed by atoms with E-state index >= 15 is 8.78 Å². The van der Waals surface area contributed by atoms with Gasteiger partial charge in [-0.25, -0.2) is 13.6 Å². The molecular formula is C31H31Cl2F2N3O4. The third-order valence-electron chi connectivity index (χ3n) is 7.79. The van der Waals surface area contributed by atoms with Crippen LogP contribution in [0.3, 0.4) is 0 Å². The molecule has 1 aliphatic heterocycles. The molecule has 2 aromatic carbocycles. The van der Waals surface area contributed by atoms with Gasteiger partial charge in [0.15, 0.2) is 0 Å². The van der Waals surface area contributed by atoms with Crippen molar-refractivity contribution in [3.63, 3.8) is 0 Å². The van der Waals surface area contributed by atoms with Crippen LogP contribution < -0.4 is 15.4 Å². The minimum atomic E-state index is -1.76. The molecule has 0 spiro atoms. The van der Waals surface area contributed by atoms with Gasteiger partial charge in [0, 0.05) is 28.5 Å². The molecule has 2 aliphatic rings. The van der Waals surface area contributed by atoms with Gasteiger partial charge in [0.25, 0.3) is 0 Å². The predicted molar refractivity (Wildman–Crippen MR) is 157 cm³/mol. The summed E-state index contributed by atoms with van der Waals surface area (Å²) in [5, 5.41) is 26.3. The molecule has 11 heteroatoms. The van der Waals surface area contributed by atoms with E-state index in [0.29, 0.717) is 6.42 Å². The predicted octanol–water partition coefficient (Wildman–Crippen LogP) is 6.63. The Morgan fingerprint density at radius 2 is 1.93 bits per heavy atom. The quantitative estimate of drug-likeness (QED) is 0.322. The van der Waals surface area contributed by atoms with Crippen LogP contribution in [0.1, 0.15) is 43.1 Å². The third kappa shape index (κ3) is 5.89. The number of benzene rings is 2. The second-order valence-corrected chi connectivity index (χ2v) is 12.6. The number of carbonyl (C=O) groups is 2. The van der Waals surface area contributed by atoms with Crippen LogP contribution in [0.5, 0.6) is 5.75 Å². The molecule has 1 amide bonds. The van der Waals surface area contributed by atoms with Crippen LogP contribution in [0.4, 0.5) is 14.5 Å². The summed E-state index contributed by atoms with van der Waals surface area (Å²) in [5.74, 6) is -4.70. The van der Waals surface area contributed by atoms with Crippen molar-refractivity contribution < 1.29 is 28.2 Å². The van der Waals surface area contributed by atoms with Crippen LogP contribution in [-0.4, -0.2) is 42.3 Å². The molecule has 4 rings (SSSR count). The number of nitrogens with one attached hydrogen (secondary N) is 2. The van der Waals surface area contributed by atoms with Crippen molar-refractivity contribution in [1.82, 2.24) is 5.32 Å². The van der Waals surface area contributed by atoms with Crippen LogP contribution in [0.25, 0.3) is 0 Å². The second kappa shape index (κ2) is 12.0. The van der Waals surface area contributed by atoms with E-state index in [-0.39, 0.29) is 38.0 Å². The molecule has 42 heavy (non-hydrogen) atoms. The zero-order chi connectivity index (χ0) is 31.0. The molecule has 222 valence electrons. The lowest BCUT2D eigenvalue weighted by molar-refractivity contribution is -0.119. The number of aromatic carboxylic acids is 1. The number of halogens is 4. The fourth-order valence-electron chi connectivity index (χ4n) is 6.04. The van der Waals surface area contributed by atoms with E-state index in [1.807, 2.05) is 20.8 Å². The van der Waals surface area contributed by atoms with E-state index in [1.165, 1.54) is 43.5 Å². The second-order valence-electron chi connectivity index (χ2n) is 11.7. The number of ether oxygens (including phenoxy) is 1. The summed E-state index contributed by atoms with van der Waals surface area (Å²) in [5.41, 5.74) is -2.01. The molecule has 0 radical (unpaired) electrons. The molecule has 6 atom stereocenters. The number of rotatable bonds is 7. The minimum Gasteiger partial charge on any atom is -0.495 e. The van der Waals surface area contributed by atoms with Crippen LogP contribution >= 0.6 is 23.2 Å². The van der Waals surface area contributed by atoms with Crippen molar-refractivity contribution in [2.45, 2.75) is 50.9 Å². The molecule has 1 aliphatic carbocycles. The first-order chi connectivity index (χ1) is 19.7. The Kier molecular flexibility index (Phi) is 9.02. The number of nitrogens with zero attached hydrogens (tertiary/aromatic N) is 1. The van der Waals surface area contributed by atoms with E-state index in [0.717, 1.165) is 6.07 Å². The highest BCUT2D eigenvalue weighted by molar-refractivity contribution is 6.30. The van der Waals surface area contributed by atoms with Gasteiger partial charge in [-0.05, 0) is 48.2 Å². The van der Waals surface area contributed by atoms with Crippen molar-refractivity contribution in [1.29, 1.82) is 5.26 Å². The Bertz CT molecular complexity index is 1500. The third-order valence-corrected chi connectivity index (χ3v) is 8.36. The number of anilines is 1. The van der Waals surface area contributed by atoms with Crippen LogP contribution in [-0.2, 0) is 10.2 Å². The normalized spacial score (nSPS) is 27.2. The lowest BCUT2D eigenvalue weighted by atomic mass is 9.60. The number of alkyl halides is 1. The molecule has 1 fully saturated rings. The van der Waals surface area contributed by atoms with Gasteiger partial charge in [-0.1, -0.05) is 62.2 Å². The lowest BCUT2D eigenvalue weighted by Gasteiger charge is -2.41. The summed E-state index contributed by atoms with van der Waals surface area (Å²) in [4.78, 5) is 25.5. The van der Waals surface area contributed by atoms with E-state index in [4.69, 9.17) is 27.9 Å². The number of amides is 1. The summed E-state index contributed by atoms with van der Waals surface area (Å²) < 4.78 is 37.0. The Morgan fingerprint density at radius 1 is 1.21 bits per heavy atom. The van der Waals surface area contributed by atoms with Gasteiger partial charge in [0.1, 0.15) is 23.2 Å². The minimum absolute atomic E-state index is 0.00822. The molecule has 0 aromatic heterocycles. The van der Waals surface area contributed by atoms with Gasteiger partial charge in [0.05, 0.1) is 35.5 Å². The Balaban J connectivity index is 1.90. The van der Waals surface area contributed by atoms with E-state index < -0.39 is 53.2 Å².